The zero-order valence-corrected chi connectivity index (χ0v) is 11.4. The van der Waals surface area contributed by atoms with Gasteiger partial charge in [0.2, 0.25) is 0 Å². The SMILES string of the molecule is NC(=O)O.NC(=O)O.OCCN(CCO)c1ccccc1. The first-order chi connectivity index (χ1) is 9.84. The van der Waals surface area contributed by atoms with Crippen LogP contribution in [0.3, 0.4) is 0 Å². The van der Waals surface area contributed by atoms with Crippen molar-refractivity contribution in [1.82, 2.24) is 0 Å². The van der Waals surface area contributed by atoms with Crippen LogP contribution in [-0.2, 0) is 0 Å². The molecular weight excluding hydrogens is 282 g/mol. The van der Waals surface area contributed by atoms with Gasteiger partial charge in [-0.3, -0.25) is 0 Å². The maximum absolute atomic E-state index is 8.80. The molecule has 0 unspecified atom stereocenters. The summed E-state index contributed by atoms with van der Waals surface area (Å²) in [5, 5.41) is 32.0. The lowest BCUT2D eigenvalue weighted by Crippen LogP contribution is -2.29. The summed E-state index contributed by atoms with van der Waals surface area (Å²) in [6, 6.07) is 9.75. The Hall–Kier alpha value is -2.52. The minimum Gasteiger partial charge on any atom is -0.465 e. The molecule has 9 nitrogen and oxygen atoms in total. The average Bonchev–Trinajstić information content (AvgIpc) is 2.38. The lowest BCUT2D eigenvalue weighted by atomic mass is 10.3. The molecular formula is C12H21N3O6. The van der Waals surface area contributed by atoms with Crippen molar-refractivity contribution in [3.05, 3.63) is 30.3 Å². The van der Waals surface area contributed by atoms with E-state index in [1.165, 1.54) is 0 Å². The Bertz CT molecular complexity index is 362. The van der Waals surface area contributed by atoms with Crippen LogP contribution in [0.1, 0.15) is 0 Å². The molecule has 0 fully saturated rings. The fourth-order valence-electron chi connectivity index (χ4n) is 1.25. The molecule has 0 saturated heterocycles. The predicted octanol–water partition coefficient (Wildman–Crippen LogP) is -0.276. The summed E-state index contributed by atoms with van der Waals surface area (Å²) in [6.45, 7) is 1.33. The van der Waals surface area contributed by atoms with E-state index < -0.39 is 12.2 Å². The molecule has 0 spiro atoms. The Morgan fingerprint density at radius 1 is 0.905 bits per heavy atom. The van der Waals surface area contributed by atoms with Gasteiger partial charge in [0, 0.05) is 18.8 Å². The summed E-state index contributed by atoms with van der Waals surface area (Å²) < 4.78 is 0. The summed E-state index contributed by atoms with van der Waals surface area (Å²) in [7, 11) is 0. The van der Waals surface area contributed by atoms with Gasteiger partial charge in [0.15, 0.2) is 0 Å². The number of aliphatic hydroxyl groups is 2. The van der Waals surface area contributed by atoms with Gasteiger partial charge in [0.05, 0.1) is 13.2 Å². The summed E-state index contributed by atoms with van der Waals surface area (Å²) in [5.74, 6) is 0. The Labute approximate surface area is 122 Å². The van der Waals surface area contributed by atoms with Gasteiger partial charge in [-0.25, -0.2) is 9.59 Å². The van der Waals surface area contributed by atoms with Crippen LogP contribution in [-0.4, -0.2) is 58.9 Å². The Morgan fingerprint density at radius 2 is 1.24 bits per heavy atom. The Kier molecular flexibility index (Phi) is 13.8. The zero-order chi connectivity index (χ0) is 16.7. The second-order valence-electron chi connectivity index (χ2n) is 3.45. The van der Waals surface area contributed by atoms with Gasteiger partial charge in [0.25, 0.3) is 0 Å². The van der Waals surface area contributed by atoms with Crippen LogP contribution >= 0.6 is 0 Å². The van der Waals surface area contributed by atoms with Crippen molar-refractivity contribution in [2.24, 2.45) is 11.5 Å². The maximum Gasteiger partial charge on any atom is 0.402 e. The van der Waals surface area contributed by atoms with Crippen molar-refractivity contribution in [2.45, 2.75) is 0 Å². The number of para-hydroxylation sites is 1. The van der Waals surface area contributed by atoms with Gasteiger partial charge in [-0.15, -0.1) is 0 Å². The number of amides is 2. The normalized spacial score (nSPS) is 8.48. The number of carboxylic acid groups (broad SMARTS) is 2. The number of primary amides is 2. The van der Waals surface area contributed by atoms with Gasteiger partial charge in [0.1, 0.15) is 0 Å². The molecule has 0 bridgehead atoms. The summed E-state index contributed by atoms with van der Waals surface area (Å²) >= 11 is 0. The third kappa shape index (κ3) is 17.5. The van der Waals surface area contributed by atoms with Crippen LogP contribution in [0.25, 0.3) is 0 Å². The van der Waals surface area contributed by atoms with Crippen LogP contribution in [0.5, 0.6) is 0 Å². The number of aliphatic hydroxyl groups excluding tert-OH is 2. The smallest absolute Gasteiger partial charge is 0.402 e. The molecule has 120 valence electrons. The first kappa shape index (κ1) is 20.8. The monoisotopic (exact) mass is 303 g/mol. The van der Waals surface area contributed by atoms with E-state index in [2.05, 4.69) is 11.5 Å². The topological polar surface area (TPSA) is 170 Å². The van der Waals surface area contributed by atoms with E-state index in [4.69, 9.17) is 30.0 Å². The molecule has 0 radical (unpaired) electrons. The summed E-state index contributed by atoms with van der Waals surface area (Å²) in [4.78, 5) is 19.5. The van der Waals surface area contributed by atoms with E-state index in [0.717, 1.165) is 5.69 Å². The first-order valence-corrected chi connectivity index (χ1v) is 5.83. The predicted molar refractivity (Wildman–Crippen MR) is 77.3 cm³/mol. The van der Waals surface area contributed by atoms with Crippen LogP contribution in [0.2, 0.25) is 0 Å². The minimum atomic E-state index is -1.33. The first-order valence-electron chi connectivity index (χ1n) is 5.83. The minimum absolute atomic E-state index is 0.106. The number of anilines is 1. The van der Waals surface area contributed by atoms with E-state index in [0.29, 0.717) is 13.1 Å². The number of hydrogen-bond acceptors (Lipinski definition) is 5. The third-order valence-electron chi connectivity index (χ3n) is 1.86. The number of benzene rings is 1. The number of carbonyl (C=O) groups is 2. The van der Waals surface area contributed by atoms with E-state index >= 15 is 0 Å². The van der Waals surface area contributed by atoms with Crippen molar-refractivity contribution in [1.29, 1.82) is 0 Å². The molecule has 0 aliphatic carbocycles. The van der Waals surface area contributed by atoms with E-state index in [1.54, 1.807) is 0 Å². The Balaban J connectivity index is 0. The lowest BCUT2D eigenvalue weighted by molar-refractivity contribution is 0.204. The Morgan fingerprint density at radius 3 is 1.52 bits per heavy atom. The lowest BCUT2D eigenvalue weighted by Gasteiger charge is -2.22. The van der Waals surface area contributed by atoms with Gasteiger partial charge in [-0.1, -0.05) is 18.2 Å². The second kappa shape index (κ2) is 13.9. The fraction of sp³-hybridized carbons (Fsp3) is 0.333. The summed E-state index contributed by atoms with van der Waals surface area (Å²) in [6.07, 6.45) is -2.67. The second-order valence-corrected chi connectivity index (χ2v) is 3.45. The molecule has 8 N–H and O–H groups in total. The average molecular weight is 303 g/mol. The van der Waals surface area contributed by atoms with E-state index in [9.17, 15) is 0 Å². The highest BCUT2D eigenvalue weighted by atomic mass is 16.4. The van der Waals surface area contributed by atoms with Crippen molar-refractivity contribution < 1.29 is 30.0 Å². The van der Waals surface area contributed by atoms with Crippen molar-refractivity contribution in [3.63, 3.8) is 0 Å². The fourth-order valence-corrected chi connectivity index (χ4v) is 1.25. The zero-order valence-electron chi connectivity index (χ0n) is 11.4. The van der Waals surface area contributed by atoms with Gasteiger partial charge >= 0.3 is 12.2 Å². The number of nitrogens with zero attached hydrogens (tertiary/aromatic N) is 1. The van der Waals surface area contributed by atoms with Crippen LogP contribution < -0.4 is 16.4 Å². The summed E-state index contributed by atoms with van der Waals surface area (Å²) in [5.41, 5.74) is 9.09. The van der Waals surface area contributed by atoms with Crippen LogP contribution in [0.15, 0.2) is 30.3 Å². The molecule has 0 aliphatic heterocycles. The molecule has 21 heavy (non-hydrogen) atoms. The number of nitrogens with two attached hydrogens (primary N) is 2. The quantitative estimate of drug-likeness (QED) is 0.434. The van der Waals surface area contributed by atoms with Crippen molar-refractivity contribution >= 4 is 17.9 Å². The molecule has 0 aliphatic rings. The maximum atomic E-state index is 8.80. The van der Waals surface area contributed by atoms with Crippen molar-refractivity contribution in [3.8, 4) is 0 Å². The standard InChI is InChI=1S/C10H15NO2.2CH3NO2/c12-8-6-11(7-9-13)10-4-2-1-3-5-10;2*2-1(3)4/h1-5,12-13H,6-9H2;2*2H2,(H,3,4). The van der Waals surface area contributed by atoms with E-state index in [-0.39, 0.29) is 13.2 Å². The number of hydrogen-bond donors (Lipinski definition) is 6. The van der Waals surface area contributed by atoms with Gasteiger partial charge in [-0.2, -0.15) is 0 Å². The highest BCUT2D eigenvalue weighted by Gasteiger charge is 2.02. The van der Waals surface area contributed by atoms with E-state index in [1.807, 2.05) is 35.2 Å². The van der Waals surface area contributed by atoms with Gasteiger partial charge < -0.3 is 36.8 Å². The molecule has 9 heteroatoms. The van der Waals surface area contributed by atoms with Crippen molar-refractivity contribution in [2.75, 3.05) is 31.2 Å². The van der Waals surface area contributed by atoms with Crippen LogP contribution in [0.4, 0.5) is 15.3 Å². The molecule has 0 atom stereocenters. The molecule has 1 aromatic rings. The molecule has 2 amide bonds. The molecule has 0 saturated carbocycles. The van der Waals surface area contributed by atoms with Gasteiger partial charge in [-0.05, 0) is 12.1 Å². The number of rotatable bonds is 5. The molecule has 1 rings (SSSR count). The highest BCUT2D eigenvalue weighted by Crippen LogP contribution is 2.11. The highest BCUT2D eigenvalue weighted by molar-refractivity contribution is 5.61. The van der Waals surface area contributed by atoms with Crippen LogP contribution in [0, 0.1) is 0 Å². The molecule has 0 heterocycles. The third-order valence-corrected chi connectivity index (χ3v) is 1.86. The largest absolute Gasteiger partial charge is 0.465 e. The molecule has 0 aromatic heterocycles. The molecule has 1 aromatic carbocycles.